The van der Waals surface area contributed by atoms with Crippen molar-refractivity contribution in [2.45, 2.75) is 0 Å². The van der Waals surface area contributed by atoms with Crippen molar-refractivity contribution < 1.29 is 0 Å². The summed E-state index contributed by atoms with van der Waals surface area (Å²) in [7, 11) is 0. The van der Waals surface area contributed by atoms with E-state index in [9.17, 15) is 0 Å². The molecule has 0 saturated carbocycles. The molecule has 0 saturated heterocycles. The van der Waals surface area contributed by atoms with Crippen LogP contribution in [0.15, 0.2) is 12.1 Å². The quantitative estimate of drug-likeness (QED) is 0.181. The highest BCUT2D eigenvalue weighted by molar-refractivity contribution is 6.58. The van der Waals surface area contributed by atoms with Gasteiger partial charge in [0.15, 0.2) is 0 Å². The van der Waals surface area contributed by atoms with Crippen LogP contribution in [0.5, 0.6) is 0 Å². The largest absolute Gasteiger partial charge is 0.0835 e. The van der Waals surface area contributed by atoms with Crippen LogP contribution in [0, 0.1) is 0 Å². The normalized spacial score (nSPS) is 11.6. The van der Waals surface area contributed by atoms with Crippen LogP contribution in [-0.4, -0.2) is 0 Å². The lowest BCUT2D eigenvalue weighted by atomic mass is 10.0. The summed E-state index contributed by atoms with van der Waals surface area (Å²) in [5.41, 5.74) is 0. The third-order valence-corrected chi connectivity index (χ3v) is 6.45. The van der Waals surface area contributed by atoms with Crippen LogP contribution in [0.3, 0.4) is 0 Å². The summed E-state index contributed by atoms with van der Waals surface area (Å²) >= 11 is 49.9. The molecule has 3 aromatic rings. The van der Waals surface area contributed by atoms with Crippen molar-refractivity contribution in [1.29, 1.82) is 0 Å². The molecular formula is C14H2Cl8. The van der Waals surface area contributed by atoms with Gasteiger partial charge < -0.3 is 0 Å². The standard InChI is InChI=1S/C14H2Cl8/c15-4-2-6(17)11(19)9-7-3(10(18)14(22)8(4)9)1-5(16)12(20)13(7)21/h1-2H. The van der Waals surface area contributed by atoms with Gasteiger partial charge in [0.2, 0.25) is 0 Å². The molecule has 0 aromatic heterocycles. The first-order valence-corrected chi connectivity index (χ1v) is 8.69. The zero-order valence-corrected chi connectivity index (χ0v) is 16.2. The maximum atomic E-state index is 6.35. The van der Waals surface area contributed by atoms with Crippen molar-refractivity contribution in [1.82, 2.24) is 0 Å². The highest BCUT2D eigenvalue weighted by Gasteiger charge is 2.22. The van der Waals surface area contributed by atoms with Gasteiger partial charge in [-0.25, -0.2) is 0 Å². The molecule has 0 fully saturated rings. The third kappa shape index (κ3) is 2.44. The van der Waals surface area contributed by atoms with Gasteiger partial charge in [0.1, 0.15) is 0 Å². The zero-order chi connectivity index (χ0) is 16.3. The lowest BCUT2D eigenvalue weighted by molar-refractivity contribution is 1.75. The first-order valence-electron chi connectivity index (χ1n) is 5.67. The van der Waals surface area contributed by atoms with E-state index in [-0.39, 0.29) is 35.2 Å². The second-order valence-corrected chi connectivity index (χ2v) is 7.55. The maximum absolute atomic E-state index is 6.35. The summed E-state index contributed by atoms with van der Waals surface area (Å²) in [5, 5.41) is 3.89. The van der Waals surface area contributed by atoms with E-state index in [0.717, 1.165) is 0 Å². The Morgan fingerprint density at radius 1 is 0.409 bits per heavy atom. The summed E-state index contributed by atoms with van der Waals surface area (Å²) in [6.07, 6.45) is 0. The Hall–Kier alpha value is 0.500. The number of rotatable bonds is 0. The van der Waals surface area contributed by atoms with Crippen LogP contribution in [-0.2, 0) is 0 Å². The molecule has 0 nitrogen and oxygen atoms in total. The molecule has 0 N–H and O–H groups in total. The molecule has 8 heteroatoms. The van der Waals surface area contributed by atoms with Gasteiger partial charge in [0, 0.05) is 21.5 Å². The van der Waals surface area contributed by atoms with E-state index in [0.29, 0.717) is 26.6 Å². The number of fused-ring (bicyclic) bond motifs is 3. The Morgan fingerprint density at radius 2 is 0.955 bits per heavy atom. The molecule has 0 aliphatic rings. The Morgan fingerprint density at radius 3 is 1.59 bits per heavy atom. The molecule has 0 atom stereocenters. The van der Waals surface area contributed by atoms with Gasteiger partial charge >= 0.3 is 0 Å². The first kappa shape index (κ1) is 17.3. The van der Waals surface area contributed by atoms with Crippen molar-refractivity contribution in [3.05, 3.63) is 52.3 Å². The highest BCUT2D eigenvalue weighted by Crippen LogP contribution is 2.51. The SMILES string of the molecule is Clc1cc2c(Cl)c(Cl)c3c(Cl)cc(Cl)c(Cl)c3c2c(Cl)c1Cl. The van der Waals surface area contributed by atoms with Gasteiger partial charge in [-0.15, -0.1) is 0 Å². The van der Waals surface area contributed by atoms with Crippen LogP contribution >= 0.6 is 92.8 Å². The molecule has 3 rings (SSSR count). The minimum Gasteiger partial charge on any atom is -0.0835 e. The van der Waals surface area contributed by atoms with E-state index in [2.05, 4.69) is 0 Å². The van der Waals surface area contributed by atoms with E-state index >= 15 is 0 Å². The van der Waals surface area contributed by atoms with E-state index < -0.39 is 0 Å². The smallest absolute Gasteiger partial charge is 0.0785 e. The van der Waals surface area contributed by atoms with Crippen LogP contribution in [0.2, 0.25) is 40.2 Å². The fourth-order valence-corrected chi connectivity index (χ4v) is 4.38. The summed E-state index contributed by atoms with van der Waals surface area (Å²) in [6, 6.07) is 3.07. The van der Waals surface area contributed by atoms with Crippen LogP contribution in [0.1, 0.15) is 0 Å². The van der Waals surface area contributed by atoms with E-state index in [4.69, 9.17) is 92.8 Å². The zero-order valence-electron chi connectivity index (χ0n) is 10.2. The Labute approximate surface area is 165 Å². The molecule has 0 unspecified atom stereocenters. The minimum atomic E-state index is 0.183. The molecule has 114 valence electrons. The van der Waals surface area contributed by atoms with Crippen LogP contribution in [0.4, 0.5) is 0 Å². The average Bonchev–Trinajstić information content (AvgIpc) is 2.46. The lowest BCUT2D eigenvalue weighted by Gasteiger charge is -2.15. The van der Waals surface area contributed by atoms with Gasteiger partial charge in [-0.1, -0.05) is 92.8 Å². The van der Waals surface area contributed by atoms with Gasteiger partial charge in [-0.2, -0.15) is 0 Å². The molecule has 0 aliphatic carbocycles. The number of halogens is 8. The summed E-state index contributed by atoms with van der Waals surface area (Å²) in [4.78, 5) is 0. The maximum Gasteiger partial charge on any atom is 0.0785 e. The molecule has 0 heterocycles. The van der Waals surface area contributed by atoms with Crippen LogP contribution < -0.4 is 0 Å². The topological polar surface area (TPSA) is 0 Å². The number of hydrogen-bond acceptors (Lipinski definition) is 0. The van der Waals surface area contributed by atoms with E-state index in [1.807, 2.05) is 0 Å². The molecule has 3 aromatic carbocycles. The fourth-order valence-electron chi connectivity index (χ4n) is 2.29. The van der Waals surface area contributed by atoms with Crippen molar-refractivity contribution in [3.63, 3.8) is 0 Å². The van der Waals surface area contributed by atoms with Gasteiger partial charge in [-0.05, 0) is 12.1 Å². The van der Waals surface area contributed by atoms with Gasteiger partial charge in [-0.3, -0.25) is 0 Å². The summed E-state index contributed by atoms with van der Waals surface area (Å²) < 4.78 is 0. The number of hydrogen-bond donors (Lipinski definition) is 0. The second-order valence-electron chi connectivity index (χ2n) is 4.44. The first-order chi connectivity index (χ1) is 10.3. The Bertz CT molecular complexity index is 961. The van der Waals surface area contributed by atoms with Crippen molar-refractivity contribution in [3.8, 4) is 0 Å². The third-order valence-electron chi connectivity index (χ3n) is 3.23. The predicted octanol–water partition coefficient (Wildman–Crippen LogP) is 9.22. The van der Waals surface area contributed by atoms with Gasteiger partial charge in [0.05, 0.1) is 40.2 Å². The Balaban J connectivity index is 2.80. The minimum absolute atomic E-state index is 0.183. The highest BCUT2D eigenvalue weighted by atomic mass is 35.5. The van der Waals surface area contributed by atoms with Gasteiger partial charge in [0.25, 0.3) is 0 Å². The molecule has 0 amide bonds. The summed E-state index contributed by atoms with van der Waals surface area (Å²) in [6.45, 7) is 0. The van der Waals surface area contributed by atoms with E-state index in [1.54, 1.807) is 6.07 Å². The van der Waals surface area contributed by atoms with Crippen molar-refractivity contribution in [2.24, 2.45) is 0 Å². The molecular weight excluding hydrogens is 452 g/mol. The monoisotopic (exact) mass is 450 g/mol. The Kier molecular flexibility index (Phi) is 4.80. The molecule has 0 bridgehead atoms. The van der Waals surface area contributed by atoms with Crippen molar-refractivity contribution >= 4 is 114 Å². The lowest BCUT2D eigenvalue weighted by Crippen LogP contribution is -1.88. The predicted molar refractivity (Wildman–Crippen MR) is 102 cm³/mol. The van der Waals surface area contributed by atoms with Crippen LogP contribution in [0.25, 0.3) is 21.5 Å². The summed E-state index contributed by atoms with van der Waals surface area (Å²) in [5.74, 6) is 0. The van der Waals surface area contributed by atoms with E-state index in [1.165, 1.54) is 6.07 Å². The molecule has 0 aliphatic heterocycles. The fraction of sp³-hybridized carbons (Fsp3) is 0. The average molecular weight is 454 g/mol. The number of benzene rings is 3. The molecule has 22 heavy (non-hydrogen) atoms. The second kappa shape index (κ2) is 6.10. The molecule has 0 radical (unpaired) electrons. The molecule has 0 spiro atoms. The van der Waals surface area contributed by atoms with Crippen molar-refractivity contribution in [2.75, 3.05) is 0 Å².